The maximum absolute atomic E-state index is 13.7. The van der Waals surface area contributed by atoms with Crippen LogP contribution in [0, 0.1) is 19.7 Å². The first-order valence-electron chi connectivity index (χ1n) is 9.27. The number of nitrogens with zero attached hydrogens (tertiary/aromatic N) is 2. The van der Waals surface area contributed by atoms with Crippen molar-refractivity contribution in [3.05, 3.63) is 76.4 Å². The Labute approximate surface area is 175 Å². The lowest BCUT2D eigenvalue weighted by atomic mass is 10.1. The van der Waals surface area contributed by atoms with E-state index in [-0.39, 0.29) is 23.5 Å². The van der Waals surface area contributed by atoms with Crippen LogP contribution in [0.25, 0.3) is 5.69 Å². The van der Waals surface area contributed by atoms with Gasteiger partial charge in [0.15, 0.2) is 5.69 Å². The SMILES string of the molecule is Cc1cccc(-n2nc(C(F)(F)F)cc2CNC(=O)Nc2ccc(CO)c(F)c2)c1C. The van der Waals surface area contributed by atoms with Gasteiger partial charge in [0.25, 0.3) is 0 Å². The van der Waals surface area contributed by atoms with Crippen molar-refractivity contribution in [2.45, 2.75) is 33.2 Å². The monoisotopic (exact) mass is 436 g/mol. The van der Waals surface area contributed by atoms with Gasteiger partial charge in [-0.1, -0.05) is 18.2 Å². The first-order valence-corrected chi connectivity index (χ1v) is 9.27. The highest BCUT2D eigenvalue weighted by Crippen LogP contribution is 2.30. The fourth-order valence-electron chi connectivity index (χ4n) is 2.96. The van der Waals surface area contributed by atoms with Crippen LogP contribution in [-0.4, -0.2) is 20.9 Å². The van der Waals surface area contributed by atoms with E-state index in [4.69, 9.17) is 5.11 Å². The van der Waals surface area contributed by atoms with Crippen molar-refractivity contribution in [1.29, 1.82) is 0 Å². The molecular formula is C21H20F4N4O2. The van der Waals surface area contributed by atoms with Crippen molar-refractivity contribution in [2.24, 2.45) is 0 Å². The van der Waals surface area contributed by atoms with Gasteiger partial charge in [-0.2, -0.15) is 18.3 Å². The molecule has 2 aromatic carbocycles. The molecule has 0 saturated heterocycles. The van der Waals surface area contributed by atoms with Crippen LogP contribution < -0.4 is 10.6 Å². The number of aryl methyl sites for hydroxylation is 1. The fourth-order valence-corrected chi connectivity index (χ4v) is 2.96. The van der Waals surface area contributed by atoms with E-state index in [0.29, 0.717) is 5.69 Å². The highest BCUT2D eigenvalue weighted by molar-refractivity contribution is 5.89. The molecule has 3 rings (SSSR count). The van der Waals surface area contributed by atoms with Crippen LogP contribution >= 0.6 is 0 Å². The largest absolute Gasteiger partial charge is 0.435 e. The van der Waals surface area contributed by atoms with Gasteiger partial charge >= 0.3 is 12.2 Å². The van der Waals surface area contributed by atoms with Gasteiger partial charge < -0.3 is 15.7 Å². The number of hydrogen-bond acceptors (Lipinski definition) is 3. The Bertz CT molecular complexity index is 1110. The Kier molecular flexibility index (Phi) is 6.30. The van der Waals surface area contributed by atoms with Gasteiger partial charge in [-0.25, -0.2) is 13.9 Å². The number of nitrogens with one attached hydrogen (secondary N) is 2. The molecule has 0 saturated carbocycles. The van der Waals surface area contributed by atoms with Crippen LogP contribution in [0.3, 0.4) is 0 Å². The van der Waals surface area contributed by atoms with Gasteiger partial charge in [0, 0.05) is 11.3 Å². The number of urea groups is 1. The number of amides is 2. The quantitative estimate of drug-likeness (QED) is 0.517. The summed E-state index contributed by atoms with van der Waals surface area (Å²) in [5, 5.41) is 17.5. The van der Waals surface area contributed by atoms with Crippen LogP contribution in [0.1, 0.15) is 28.1 Å². The average Bonchev–Trinajstić information content (AvgIpc) is 3.13. The molecule has 3 aromatic rings. The van der Waals surface area contributed by atoms with Crippen LogP contribution in [0.15, 0.2) is 42.5 Å². The number of carbonyl (C=O) groups excluding carboxylic acids is 1. The van der Waals surface area contributed by atoms with Crippen LogP contribution in [0.5, 0.6) is 0 Å². The molecule has 164 valence electrons. The zero-order valence-corrected chi connectivity index (χ0v) is 16.7. The number of alkyl halides is 3. The summed E-state index contributed by atoms with van der Waals surface area (Å²) in [7, 11) is 0. The molecule has 2 amide bonds. The highest BCUT2D eigenvalue weighted by atomic mass is 19.4. The number of rotatable bonds is 5. The maximum Gasteiger partial charge on any atom is 0.435 e. The number of aliphatic hydroxyl groups is 1. The summed E-state index contributed by atoms with van der Waals surface area (Å²) in [6, 6.07) is 9.07. The molecule has 0 bridgehead atoms. The van der Waals surface area contributed by atoms with Crippen LogP contribution in [-0.2, 0) is 19.3 Å². The van der Waals surface area contributed by atoms with E-state index < -0.39 is 30.3 Å². The smallest absolute Gasteiger partial charge is 0.392 e. The molecule has 0 spiro atoms. The maximum atomic E-state index is 13.7. The predicted molar refractivity (Wildman–Crippen MR) is 106 cm³/mol. The minimum atomic E-state index is -4.65. The molecule has 1 heterocycles. The summed E-state index contributed by atoms with van der Waals surface area (Å²) in [4.78, 5) is 12.2. The third-order valence-corrected chi connectivity index (χ3v) is 4.79. The van der Waals surface area contributed by atoms with Crippen LogP contribution in [0.4, 0.5) is 28.0 Å². The van der Waals surface area contributed by atoms with Gasteiger partial charge in [-0.05, 0) is 49.2 Å². The highest BCUT2D eigenvalue weighted by Gasteiger charge is 2.35. The van der Waals surface area contributed by atoms with Crippen molar-refractivity contribution in [3.8, 4) is 5.69 Å². The van der Waals surface area contributed by atoms with Gasteiger partial charge in [-0.15, -0.1) is 0 Å². The van der Waals surface area contributed by atoms with Crippen molar-refractivity contribution in [1.82, 2.24) is 15.1 Å². The Hall–Kier alpha value is -3.40. The van der Waals surface area contributed by atoms with Crippen molar-refractivity contribution >= 4 is 11.7 Å². The second-order valence-corrected chi connectivity index (χ2v) is 6.92. The Morgan fingerprint density at radius 2 is 1.90 bits per heavy atom. The molecule has 0 radical (unpaired) electrons. The van der Waals surface area contributed by atoms with Crippen LogP contribution in [0.2, 0.25) is 0 Å². The van der Waals surface area contributed by atoms with Gasteiger partial charge in [0.1, 0.15) is 5.82 Å². The van der Waals surface area contributed by atoms with Crippen molar-refractivity contribution in [3.63, 3.8) is 0 Å². The van der Waals surface area contributed by atoms with E-state index in [0.717, 1.165) is 27.9 Å². The molecule has 1 aromatic heterocycles. The minimum Gasteiger partial charge on any atom is -0.392 e. The number of halogens is 4. The lowest BCUT2D eigenvalue weighted by Gasteiger charge is -2.13. The van der Waals surface area contributed by atoms with E-state index >= 15 is 0 Å². The summed E-state index contributed by atoms with van der Waals surface area (Å²) in [6.45, 7) is 2.87. The van der Waals surface area contributed by atoms with E-state index in [1.54, 1.807) is 19.1 Å². The molecule has 0 atom stereocenters. The molecule has 0 fully saturated rings. The van der Waals surface area contributed by atoms with Gasteiger partial charge in [-0.3, -0.25) is 0 Å². The zero-order valence-electron chi connectivity index (χ0n) is 16.7. The molecule has 0 unspecified atom stereocenters. The Balaban J connectivity index is 1.82. The van der Waals surface area contributed by atoms with E-state index in [9.17, 15) is 22.4 Å². The predicted octanol–water partition coefficient (Wildman–Crippen LogP) is 4.46. The molecule has 0 aliphatic rings. The van der Waals surface area contributed by atoms with E-state index in [1.807, 2.05) is 13.0 Å². The molecular weight excluding hydrogens is 416 g/mol. The molecule has 0 aliphatic heterocycles. The van der Waals surface area contributed by atoms with Gasteiger partial charge in [0.2, 0.25) is 0 Å². The second kappa shape index (κ2) is 8.76. The average molecular weight is 436 g/mol. The summed E-state index contributed by atoms with van der Waals surface area (Å²) >= 11 is 0. The number of carbonyl (C=O) groups is 1. The lowest BCUT2D eigenvalue weighted by molar-refractivity contribution is -0.141. The number of aliphatic hydroxyl groups excluding tert-OH is 1. The summed E-state index contributed by atoms with van der Waals surface area (Å²) in [5.74, 6) is -0.692. The first-order chi connectivity index (χ1) is 14.6. The minimum absolute atomic E-state index is 0.0723. The van der Waals surface area contributed by atoms with Crippen molar-refractivity contribution in [2.75, 3.05) is 5.32 Å². The summed E-state index contributed by atoms with van der Waals surface area (Å²) < 4.78 is 54.6. The number of hydrogen-bond donors (Lipinski definition) is 3. The van der Waals surface area contributed by atoms with E-state index in [2.05, 4.69) is 15.7 Å². The third kappa shape index (κ3) is 5.02. The zero-order chi connectivity index (χ0) is 22.8. The molecule has 31 heavy (non-hydrogen) atoms. The summed E-state index contributed by atoms with van der Waals surface area (Å²) in [5.41, 5.74) is 1.35. The fraction of sp³-hybridized carbons (Fsp3) is 0.238. The topological polar surface area (TPSA) is 79.2 Å². The number of anilines is 1. The lowest BCUT2D eigenvalue weighted by Crippen LogP contribution is -2.29. The molecule has 3 N–H and O–H groups in total. The summed E-state index contributed by atoms with van der Waals surface area (Å²) in [6.07, 6.45) is -4.65. The molecule has 6 nitrogen and oxygen atoms in total. The second-order valence-electron chi connectivity index (χ2n) is 6.92. The van der Waals surface area contributed by atoms with Gasteiger partial charge in [0.05, 0.1) is 24.5 Å². The normalized spacial score (nSPS) is 11.5. The Morgan fingerprint density at radius 1 is 1.16 bits per heavy atom. The number of aromatic nitrogens is 2. The third-order valence-electron chi connectivity index (χ3n) is 4.79. The standard InChI is InChI=1S/C21H20F4N4O2/c1-12-4-3-5-18(13(12)2)29-16(9-19(28-29)21(23,24)25)10-26-20(31)27-15-7-6-14(11-30)17(22)8-15/h3-9,30H,10-11H2,1-2H3,(H2,26,27,31). The molecule has 10 heteroatoms. The van der Waals surface area contributed by atoms with Crippen molar-refractivity contribution < 1.29 is 27.5 Å². The first kappa shape index (κ1) is 22.3. The molecule has 0 aliphatic carbocycles. The Morgan fingerprint density at radius 3 is 2.55 bits per heavy atom. The number of benzene rings is 2. The van der Waals surface area contributed by atoms with E-state index in [1.165, 1.54) is 12.1 Å².